The number of thioether (sulfide) groups is 1. The molecule has 162 valence electrons. The molecule has 2 aromatic carbocycles. The van der Waals surface area contributed by atoms with Gasteiger partial charge in [-0.05, 0) is 43.3 Å². The third-order valence-corrected chi connectivity index (χ3v) is 5.89. The van der Waals surface area contributed by atoms with Crippen LogP contribution in [0.2, 0.25) is 5.02 Å². The lowest BCUT2D eigenvalue weighted by atomic mass is 10.2. The molecule has 2 aromatic heterocycles. The van der Waals surface area contributed by atoms with Crippen LogP contribution in [-0.4, -0.2) is 38.0 Å². The second kappa shape index (κ2) is 9.84. The molecule has 7 nitrogen and oxygen atoms in total. The van der Waals surface area contributed by atoms with Crippen molar-refractivity contribution in [3.63, 3.8) is 0 Å². The average Bonchev–Trinajstić information content (AvgIpc) is 3.24. The smallest absolute Gasteiger partial charge is 0.238 e. The summed E-state index contributed by atoms with van der Waals surface area (Å²) in [7, 11) is 1.63. The first-order chi connectivity index (χ1) is 15.5. The van der Waals surface area contributed by atoms with Crippen molar-refractivity contribution in [1.29, 1.82) is 0 Å². The van der Waals surface area contributed by atoms with Gasteiger partial charge in [0.25, 0.3) is 0 Å². The molecule has 0 spiro atoms. The molecule has 2 heterocycles. The lowest BCUT2D eigenvalue weighted by Gasteiger charge is -2.14. The molecule has 1 unspecified atom stereocenters. The van der Waals surface area contributed by atoms with Crippen molar-refractivity contribution in [2.45, 2.75) is 17.3 Å². The molecular formula is C23H20ClN5O2S. The number of pyridine rings is 1. The number of hydrogen-bond acceptors (Lipinski definition) is 6. The van der Waals surface area contributed by atoms with E-state index in [0.29, 0.717) is 21.8 Å². The number of nitrogens with one attached hydrogen (secondary N) is 1. The van der Waals surface area contributed by atoms with Crippen LogP contribution < -0.4 is 10.1 Å². The van der Waals surface area contributed by atoms with E-state index in [1.54, 1.807) is 19.2 Å². The number of benzene rings is 2. The normalized spacial score (nSPS) is 11.7. The first kappa shape index (κ1) is 21.9. The Labute approximate surface area is 194 Å². The summed E-state index contributed by atoms with van der Waals surface area (Å²) < 4.78 is 7.21. The molecule has 4 rings (SSSR count). The second-order valence-corrected chi connectivity index (χ2v) is 8.56. The molecule has 0 radical (unpaired) electrons. The maximum absolute atomic E-state index is 12.7. The summed E-state index contributed by atoms with van der Waals surface area (Å²) in [6.45, 7) is 1.81. The Morgan fingerprint density at radius 2 is 1.81 bits per heavy atom. The van der Waals surface area contributed by atoms with Crippen LogP contribution in [0.5, 0.6) is 5.75 Å². The van der Waals surface area contributed by atoms with E-state index in [9.17, 15) is 4.79 Å². The topological polar surface area (TPSA) is 81.9 Å². The molecule has 1 amide bonds. The molecule has 0 aliphatic carbocycles. The van der Waals surface area contributed by atoms with Gasteiger partial charge in [0.2, 0.25) is 5.91 Å². The average molecular weight is 466 g/mol. The number of hydrogen-bond donors (Lipinski definition) is 1. The van der Waals surface area contributed by atoms with Gasteiger partial charge in [-0.2, -0.15) is 0 Å². The number of carbonyl (C=O) groups excluding carboxylic acids is 1. The number of carbonyl (C=O) groups is 1. The summed E-state index contributed by atoms with van der Waals surface area (Å²) >= 11 is 7.17. The molecule has 0 fully saturated rings. The Morgan fingerprint density at radius 1 is 1.06 bits per heavy atom. The predicted octanol–water partition coefficient (Wildman–Crippen LogP) is 5.11. The lowest BCUT2D eigenvalue weighted by Crippen LogP contribution is -2.23. The van der Waals surface area contributed by atoms with Crippen molar-refractivity contribution >= 4 is 35.1 Å². The standard InChI is InChI=1S/C23H20ClN5O2S/c1-15(22(30)26-20-13-8-17(24)14-25-20)32-23-28-27-21(16-6-4-3-5-7-16)29(23)18-9-11-19(31-2)12-10-18/h3-15H,1-2H3,(H,25,26,30). The molecule has 0 aliphatic heterocycles. The second-order valence-electron chi connectivity index (χ2n) is 6.82. The summed E-state index contributed by atoms with van der Waals surface area (Å²) in [4.78, 5) is 16.8. The molecular weight excluding hydrogens is 446 g/mol. The molecule has 1 N–H and O–H groups in total. The summed E-state index contributed by atoms with van der Waals surface area (Å²) in [6, 6.07) is 20.7. The largest absolute Gasteiger partial charge is 0.497 e. The van der Waals surface area contributed by atoms with Crippen LogP contribution >= 0.6 is 23.4 Å². The van der Waals surface area contributed by atoms with E-state index in [0.717, 1.165) is 17.0 Å². The highest BCUT2D eigenvalue weighted by atomic mass is 35.5. The van der Waals surface area contributed by atoms with Gasteiger partial charge in [-0.3, -0.25) is 9.36 Å². The Balaban J connectivity index is 1.63. The summed E-state index contributed by atoms with van der Waals surface area (Å²) in [5, 5.41) is 12.3. The number of methoxy groups -OCH3 is 1. The fourth-order valence-electron chi connectivity index (χ4n) is 2.97. The summed E-state index contributed by atoms with van der Waals surface area (Å²) in [5.41, 5.74) is 1.79. The van der Waals surface area contributed by atoms with E-state index in [4.69, 9.17) is 16.3 Å². The van der Waals surface area contributed by atoms with E-state index in [-0.39, 0.29) is 5.91 Å². The maximum Gasteiger partial charge on any atom is 0.238 e. The quantitative estimate of drug-likeness (QED) is 0.382. The van der Waals surface area contributed by atoms with Gasteiger partial charge in [-0.25, -0.2) is 4.98 Å². The molecule has 4 aromatic rings. The summed E-state index contributed by atoms with van der Waals surface area (Å²) in [6.07, 6.45) is 1.49. The fraction of sp³-hybridized carbons (Fsp3) is 0.130. The number of aromatic nitrogens is 4. The molecule has 0 saturated carbocycles. The first-order valence-corrected chi connectivity index (χ1v) is 11.1. The van der Waals surface area contributed by atoms with Crippen molar-refractivity contribution in [2.75, 3.05) is 12.4 Å². The highest BCUT2D eigenvalue weighted by Crippen LogP contribution is 2.31. The molecule has 0 saturated heterocycles. The van der Waals surface area contributed by atoms with Crippen molar-refractivity contribution in [2.24, 2.45) is 0 Å². The zero-order chi connectivity index (χ0) is 22.5. The minimum Gasteiger partial charge on any atom is -0.497 e. The van der Waals surface area contributed by atoms with E-state index in [1.807, 2.05) is 66.1 Å². The van der Waals surface area contributed by atoms with E-state index in [2.05, 4.69) is 20.5 Å². The van der Waals surface area contributed by atoms with Gasteiger partial charge in [0, 0.05) is 17.4 Å². The van der Waals surface area contributed by atoms with Crippen LogP contribution in [0.3, 0.4) is 0 Å². The number of nitrogens with zero attached hydrogens (tertiary/aromatic N) is 4. The molecule has 0 bridgehead atoms. The van der Waals surface area contributed by atoms with Crippen LogP contribution in [0.15, 0.2) is 78.1 Å². The fourth-order valence-corrected chi connectivity index (χ4v) is 3.95. The van der Waals surface area contributed by atoms with Gasteiger partial charge >= 0.3 is 0 Å². The van der Waals surface area contributed by atoms with Crippen LogP contribution in [0, 0.1) is 0 Å². The van der Waals surface area contributed by atoms with Gasteiger partial charge in [-0.1, -0.05) is 53.7 Å². The van der Waals surface area contributed by atoms with Crippen LogP contribution in [0.1, 0.15) is 6.92 Å². The minimum atomic E-state index is -0.447. The maximum atomic E-state index is 12.7. The molecule has 32 heavy (non-hydrogen) atoms. The Kier molecular flexibility index (Phi) is 6.72. The molecule has 9 heteroatoms. The van der Waals surface area contributed by atoms with Gasteiger partial charge in [0.05, 0.1) is 17.4 Å². The molecule has 0 aliphatic rings. The van der Waals surface area contributed by atoms with E-state index < -0.39 is 5.25 Å². The highest BCUT2D eigenvalue weighted by molar-refractivity contribution is 8.00. The van der Waals surface area contributed by atoms with Gasteiger partial charge in [-0.15, -0.1) is 10.2 Å². The van der Waals surface area contributed by atoms with Crippen molar-refractivity contribution in [3.8, 4) is 22.8 Å². The number of halogens is 1. The van der Waals surface area contributed by atoms with Gasteiger partial charge in [0.1, 0.15) is 11.6 Å². The van der Waals surface area contributed by atoms with Crippen LogP contribution in [0.25, 0.3) is 17.1 Å². The van der Waals surface area contributed by atoms with E-state index in [1.165, 1.54) is 18.0 Å². The predicted molar refractivity (Wildman–Crippen MR) is 127 cm³/mol. The van der Waals surface area contributed by atoms with E-state index >= 15 is 0 Å². The third-order valence-electron chi connectivity index (χ3n) is 4.63. The Morgan fingerprint density at radius 3 is 2.47 bits per heavy atom. The Hall–Kier alpha value is -3.36. The lowest BCUT2D eigenvalue weighted by molar-refractivity contribution is -0.115. The Bertz CT molecular complexity index is 1200. The zero-order valence-electron chi connectivity index (χ0n) is 17.4. The van der Waals surface area contributed by atoms with Crippen LogP contribution in [-0.2, 0) is 4.79 Å². The minimum absolute atomic E-state index is 0.199. The number of ether oxygens (including phenoxy) is 1. The molecule has 1 atom stereocenters. The number of amides is 1. The van der Waals surface area contributed by atoms with Crippen LogP contribution in [0.4, 0.5) is 5.82 Å². The van der Waals surface area contributed by atoms with Crippen molar-refractivity contribution < 1.29 is 9.53 Å². The SMILES string of the molecule is COc1ccc(-n2c(SC(C)C(=O)Nc3ccc(Cl)cn3)nnc2-c2ccccc2)cc1. The summed E-state index contributed by atoms with van der Waals surface area (Å²) in [5.74, 6) is 1.68. The zero-order valence-corrected chi connectivity index (χ0v) is 19.0. The van der Waals surface area contributed by atoms with Crippen molar-refractivity contribution in [3.05, 3.63) is 77.9 Å². The van der Waals surface area contributed by atoms with Crippen molar-refractivity contribution in [1.82, 2.24) is 19.7 Å². The van der Waals surface area contributed by atoms with Gasteiger partial charge in [0.15, 0.2) is 11.0 Å². The monoisotopic (exact) mass is 465 g/mol. The third kappa shape index (κ3) is 4.92. The highest BCUT2D eigenvalue weighted by Gasteiger charge is 2.22. The number of rotatable bonds is 7. The number of anilines is 1. The van der Waals surface area contributed by atoms with Gasteiger partial charge < -0.3 is 10.1 Å². The first-order valence-electron chi connectivity index (χ1n) is 9.79.